The number of carbonyl (C=O) groups is 2. The van der Waals surface area contributed by atoms with Crippen molar-refractivity contribution in [3.63, 3.8) is 0 Å². The monoisotopic (exact) mass is 494 g/mol. The molecule has 1 aliphatic heterocycles. The first-order chi connectivity index (χ1) is 16.0. The fourth-order valence-corrected chi connectivity index (χ4v) is 4.97. The van der Waals surface area contributed by atoms with E-state index in [0.717, 1.165) is 18.7 Å². The maximum atomic E-state index is 12.5. The first kappa shape index (κ1) is 27.8. The van der Waals surface area contributed by atoms with Gasteiger partial charge in [0.25, 0.3) is 0 Å². The largest absolute Gasteiger partial charge is 0.444 e. The summed E-state index contributed by atoms with van der Waals surface area (Å²) < 4.78 is 31.9. The summed E-state index contributed by atoms with van der Waals surface area (Å²) in [6.07, 6.45) is 2.81. The second-order valence-electron chi connectivity index (χ2n) is 9.09. The molecule has 1 saturated heterocycles. The number of rotatable bonds is 9. The third kappa shape index (κ3) is 8.41. The summed E-state index contributed by atoms with van der Waals surface area (Å²) in [6, 6.07) is 6.49. The van der Waals surface area contributed by atoms with Gasteiger partial charge in [-0.25, -0.2) is 13.2 Å². The Bertz CT molecular complexity index is 943. The number of hydrogen-bond donors (Lipinski definition) is 1. The van der Waals surface area contributed by atoms with Crippen molar-refractivity contribution in [3.8, 4) is 0 Å². The van der Waals surface area contributed by atoms with Gasteiger partial charge < -0.3 is 15.0 Å². The Kier molecular flexibility index (Phi) is 10.1. The summed E-state index contributed by atoms with van der Waals surface area (Å²) in [5.41, 5.74) is 0.240. The number of benzene rings is 1. The number of amides is 2. The molecule has 0 bridgehead atoms. The molecule has 34 heavy (non-hydrogen) atoms. The highest BCUT2D eigenvalue weighted by atomic mass is 32.2. The summed E-state index contributed by atoms with van der Waals surface area (Å²) in [5, 5.41) is 2.86. The molecule has 1 fully saturated rings. The molecule has 0 atom stereocenters. The van der Waals surface area contributed by atoms with Crippen molar-refractivity contribution in [3.05, 3.63) is 35.9 Å². The molecular formula is C24H38N4O5S. The molecule has 0 aliphatic carbocycles. The molecule has 190 valence electrons. The summed E-state index contributed by atoms with van der Waals surface area (Å²) in [6.45, 7) is 13.9. The van der Waals surface area contributed by atoms with Crippen molar-refractivity contribution < 1.29 is 22.7 Å². The Hall–Kier alpha value is -2.43. The lowest BCUT2D eigenvalue weighted by atomic mass is 10.2. The first-order valence-electron chi connectivity index (χ1n) is 11.7. The zero-order valence-corrected chi connectivity index (χ0v) is 21.7. The van der Waals surface area contributed by atoms with Gasteiger partial charge in [-0.05, 0) is 44.5 Å². The van der Waals surface area contributed by atoms with Crippen LogP contribution in [0.3, 0.4) is 0 Å². The number of piperazine rings is 1. The highest BCUT2D eigenvalue weighted by Gasteiger charge is 2.25. The minimum Gasteiger partial charge on any atom is -0.444 e. The molecule has 0 spiro atoms. The fraction of sp³-hybridized carbons (Fsp3) is 0.583. The number of carbonyl (C=O) groups excluding carboxylic acids is 2. The van der Waals surface area contributed by atoms with E-state index in [9.17, 15) is 18.0 Å². The van der Waals surface area contributed by atoms with Crippen molar-refractivity contribution in [2.45, 2.75) is 45.1 Å². The maximum Gasteiger partial charge on any atom is 0.410 e. The summed E-state index contributed by atoms with van der Waals surface area (Å²) in [4.78, 5) is 28.4. The number of ether oxygens (including phenoxy) is 1. The predicted molar refractivity (Wildman–Crippen MR) is 133 cm³/mol. The highest BCUT2D eigenvalue weighted by Crippen LogP contribution is 2.17. The molecule has 0 aromatic heterocycles. The topological polar surface area (TPSA) is 99.3 Å². The maximum absolute atomic E-state index is 12.5. The fourth-order valence-electron chi connectivity index (χ4n) is 3.51. The van der Waals surface area contributed by atoms with Crippen molar-refractivity contribution in [1.82, 2.24) is 19.4 Å². The van der Waals surface area contributed by atoms with E-state index in [4.69, 9.17) is 4.74 Å². The molecule has 9 nitrogen and oxygen atoms in total. The molecule has 0 radical (unpaired) electrons. The average Bonchev–Trinajstić information content (AvgIpc) is 2.78. The Morgan fingerprint density at radius 3 is 2.18 bits per heavy atom. The normalized spacial score (nSPS) is 15.6. The number of nitrogens with zero attached hydrogens (tertiary/aromatic N) is 3. The smallest absolute Gasteiger partial charge is 0.410 e. The van der Waals surface area contributed by atoms with Crippen LogP contribution in [-0.4, -0.2) is 92.5 Å². The van der Waals surface area contributed by atoms with Gasteiger partial charge in [0, 0.05) is 58.4 Å². The van der Waals surface area contributed by atoms with Gasteiger partial charge in [-0.3, -0.25) is 9.69 Å². The Morgan fingerprint density at radius 2 is 1.65 bits per heavy atom. The van der Waals surface area contributed by atoms with Gasteiger partial charge in [0.15, 0.2) is 0 Å². The second-order valence-corrected chi connectivity index (χ2v) is 11.0. The van der Waals surface area contributed by atoms with Gasteiger partial charge >= 0.3 is 6.09 Å². The molecular weight excluding hydrogens is 456 g/mol. The van der Waals surface area contributed by atoms with E-state index in [1.165, 1.54) is 10.4 Å². The van der Waals surface area contributed by atoms with Crippen LogP contribution in [-0.2, 0) is 19.6 Å². The van der Waals surface area contributed by atoms with Gasteiger partial charge in [0.1, 0.15) is 5.60 Å². The first-order valence-corrected chi connectivity index (χ1v) is 13.2. The lowest BCUT2D eigenvalue weighted by molar-refractivity contribution is -0.116. The molecule has 1 N–H and O–H groups in total. The third-order valence-corrected chi connectivity index (χ3v) is 7.47. The van der Waals surface area contributed by atoms with Gasteiger partial charge in [-0.2, -0.15) is 4.31 Å². The molecule has 0 unspecified atom stereocenters. The van der Waals surface area contributed by atoms with E-state index in [1.807, 2.05) is 20.8 Å². The lowest BCUT2D eigenvalue weighted by Gasteiger charge is -2.35. The summed E-state index contributed by atoms with van der Waals surface area (Å²) >= 11 is 0. The number of nitrogens with one attached hydrogen (secondary N) is 1. The lowest BCUT2D eigenvalue weighted by Crippen LogP contribution is -2.51. The standard InChI is InChI=1S/C24H38N4O5S/c1-6-28(7-2)34(31,32)21-11-8-20(9-12-21)10-13-22(29)25-14-15-26-16-18-27(19-17-26)23(30)33-24(3,4)5/h8-13H,6-7,14-19H2,1-5H3,(H,25,29). The van der Waals surface area contributed by atoms with E-state index < -0.39 is 15.6 Å². The Balaban J connectivity index is 1.75. The SMILES string of the molecule is CCN(CC)S(=O)(=O)c1ccc(C=CC(=O)NCCN2CCN(C(=O)OC(C)(C)C)CC2)cc1. The zero-order chi connectivity index (χ0) is 25.4. The summed E-state index contributed by atoms with van der Waals surface area (Å²) in [7, 11) is -3.49. The molecule has 1 aromatic carbocycles. The quantitative estimate of drug-likeness (QED) is 0.530. The molecule has 1 heterocycles. The van der Waals surface area contributed by atoms with Crippen LogP contribution in [0.2, 0.25) is 0 Å². The molecule has 10 heteroatoms. The van der Waals surface area contributed by atoms with Gasteiger partial charge in [0.2, 0.25) is 15.9 Å². The van der Waals surface area contributed by atoms with Crippen LogP contribution in [0.25, 0.3) is 6.08 Å². The van der Waals surface area contributed by atoms with Gasteiger partial charge in [0.05, 0.1) is 4.90 Å². The van der Waals surface area contributed by atoms with Crippen LogP contribution in [0.4, 0.5) is 4.79 Å². The number of sulfonamides is 1. The Morgan fingerprint density at radius 1 is 1.06 bits per heavy atom. The van der Waals surface area contributed by atoms with E-state index in [2.05, 4.69) is 10.2 Å². The van der Waals surface area contributed by atoms with E-state index >= 15 is 0 Å². The summed E-state index contributed by atoms with van der Waals surface area (Å²) in [5.74, 6) is -0.216. The molecule has 2 rings (SSSR count). The van der Waals surface area contributed by atoms with E-state index in [0.29, 0.717) is 39.3 Å². The minimum absolute atomic E-state index is 0.216. The average molecular weight is 495 g/mol. The van der Waals surface area contributed by atoms with Gasteiger partial charge in [-0.1, -0.05) is 26.0 Å². The van der Waals surface area contributed by atoms with Crippen LogP contribution in [0.15, 0.2) is 35.2 Å². The van der Waals surface area contributed by atoms with Crippen molar-refractivity contribution in [1.29, 1.82) is 0 Å². The van der Waals surface area contributed by atoms with E-state index in [1.54, 1.807) is 49.1 Å². The van der Waals surface area contributed by atoms with Crippen molar-refractivity contribution in [2.75, 3.05) is 52.4 Å². The Labute approximate surface area is 203 Å². The number of hydrogen-bond acceptors (Lipinski definition) is 6. The van der Waals surface area contributed by atoms with Crippen LogP contribution in [0.1, 0.15) is 40.2 Å². The second kappa shape index (κ2) is 12.3. The molecule has 1 aliphatic rings. The predicted octanol–water partition coefficient (Wildman–Crippen LogP) is 2.40. The van der Waals surface area contributed by atoms with Crippen molar-refractivity contribution >= 4 is 28.1 Å². The third-order valence-electron chi connectivity index (χ3n) is 5.40. The van der Waals surface area contributed by atoms with Gasteiger partial charge in [-0.15, -0.1) is 0 Å². The van der Waals surface area contributed by atoms with E-state index in [-0.39, 0.29) is 16.9 Å². The zero-order valence-electron chi connectivity index (χ0n) is 20.9. The minimum atomic E-state index is -3.49. The van der Waals surface area contributed by atoms with Crippen molar-refractivity contribution in [2.24, 2.45) is 0 Å². The van der Waals surface area contributed by atoms with Crippen LogP contribution < -0.4 is 5.32 Å². The van der Waals surface area contributed by atoms with Crippen LogP contribution >= 0.6 is 0 Å². The van der Waals surface area contributed by atoms with Crippen LogP contribution in [0.5, 0.6) is 0 Å². The molecule has 0 saturated carbocycles. The van der Waals surface area contributed by atoms with Crippen LogP contribution in [0, 0.1) is 0 Å². The molecule has 2 amide bonds. The highest BCUT2D eigenvalue weighted by molar-refractivity contribution is 7.89. The molecule has 1 aromatic rings.